The molecule has 1 heterocycles. The lowest BCUT2D eigenvalue weighted by Crippen LogP contribution is -2.35. The highest BCUT2D eigenvalue weighted by Crippen LogP contribution is 2.28. The molecular formula is C23H25Br2N5. The van der Waals surface area contributed by atoms with E-state index in [0.29, 0.717) is 23.6 Å². The highest BCUT2D eigenvalue weighted by molar-refractivity contribution is 9.11. The van der Waals surface area contributed by atoms with Crippen LogP contribution >= 0.6 is 31.9 Å². The topological polar surface area (TPSA) is 79.7 Å². The highest BCUT2D eigenvalue weighted by atomic mass is 79.9. The van der Waals surface area contributed by atoms with Gasteiger partial charge >= 0.3 is 0 Å². The molecule has 156 valence electrons. The Hall–Kier alpha value is -2.14. The molecular weight excluding hydrogens is 506 g/mol. The number of anilines is 1. The van der Waals surface area contributed by atoms with Crippen molar-refractivity contribution in [3.63, 3.8) is 0 Å². The van der Waals surface area contributed by atoms with Gasteiger partial charge in [0.1, 0.15) is 23.1 Å². The zero-order chi connectivity index (χ0) is 21.9. The van der Waals surface area contributed by atoms with Gasteiger partial charge in [-0.2, -0.15) is 10.4 Å². The van der Waals surface area contributed by atoms with Crippen LogP contribution in [0, 0.1) is 11.3 Å². The van der Waals surface area contributed by atoms with Crippen LogP contribution in [0.25, 0.3) is 11.3 Å². The number of nitriles is 1. The molecule has 0 saturated heterocycles. The molecule has 30 heavy (non-hydrogen) atoms. The lowest BCUT2D eigenvalue weighted by Gasteiger charge is -2.20. The fourth-order valence-corrected chi connectivity index (χ4v) is 3.92. The van der Waals surface area contributed by atoms with Crippen molar-refractivity contribution < 1.29 is 0 Å². The maximum atomic E-state index is 9.66. The van der Waals surface area contributed by atoms with Gasteiger partial charge in [-0.1, -0.05) is 56.1 Å². The maximum absolute atomic E-state index is 9.66. The molecule has 0 bridgehead atoms. The molecule has 0 unspecified atom stereocenters. The van der Waals surface area contributed by atoms with Gasteiger partial charge < -0.3 is 11.1 Å². The monoisotopic (exact) mass is 529 g/mol. The Morgan fingerprint density at radius 1 is 1.13 bits per heavy atom. The van der Waals surface area contributed by atoms with Gasteiger partial charge in [0.05, 0.1) is 0 Å². The average Bonchev–Trinajstić information content (AvgIpc) is 3.02. The number of halogens is 2. The van der Waals surface area contributed by atoms with Gasteiger partial charge in [-0.05, 0) is 56.5 Å². The number of hydrogen-bond acceptors (Lipinski definition) is 4. The number of nitrogens with two attached hydrogens (primary N) is 1. The van der Waals surface area contributed by atoms with Crippen LogP contribution in [0.2, 0.25) is 0 Å². The molecule has 0 saturated carbocycles. The Morgan fingerprint density at radius 2 is 1.83 bits per heavy atom. The summed E-state index contributed by atoms with van der Waals surface area (Å²) in [5, 5.41) is 17.8. The predicted octanol–water partition coefficient (Wildman–Crippen LogP) is 5.66. The largest absolute Gasteiger partial charge is 0.383 e. The zero-order valence-electron chi connectivity index (χ0n) is 17.3. The van der Waals surface area contributed by atoms with E-state index in [1.54, 1.807) is 4.68 Å². The van der Waals surface area contributed by atoms with Gasteiger partial charge in [-0.25, -0.2) is 4.68 Å². The van der Waals surface area contributed by atoms with Crippen LogP contribution in [0.4, 0.5) is 5.82 Å². The van der Waals surface area contributed by atoms with Gasteiger partial charge in [0, 0.05) is 33.1 Å². The minimum absolute atomic E-state index is 0.0587. The van der Waals surface area contributed by atoms with E-state index in [9.17, 15) is 5.26 Å². The van der Waals surface area contributed by atoms with Gasteiger partial charge in [-0.15, -0.1) is 0 Å². The van der Waals surface area contributed by atoms with Crippen molar-refractivity contribution in [2.24, 2.45) is 0 Å². The average molecular weight is 531 g/mol. The number of benzene rings is 2. The Labute approximate surface area is 194 Å². The van der Waals surface area contributed by atoms with E-state index in [4.69, 9.17) is 5.73 Å². The third kappa shape index (κ3) is 5.51. The van der Waals surface area contributed by atoms with Crippen molar-refractivity contribution in [3.8, 4) is 17.3 Å². The summed E-state index contributed by atoms with van der Waals surface area (Å²) in [6, 6.07) is 16.4. The molecule has 0 radical (unpaired) electrons. The highest BCUT2D eigenvalue weighted by Gasteiger charge is 2.17. The van der Waals surface area contributed by atoms with Crippen LogP contribution in [-0.2, 0) is 19.5 Å². The Kier molecular flexibility index (Phi) is 7.02. The minimum Gasteiger partial charge on any atom is -0.383 e. The van der Waals surface area contributed by atoms with Crippen LogP contribution in [0.3, 0.4) is 0 Å². The summed E-state index contributed by atoms with van der Waals surface area (Å²) >= 11 is 7.09. The van der Waals surface area contributed by atoms with Crippen molar-refractivity contribution in [1.82, 2.24) is 15.1 Å². The van der Waals surface area contributed by atoms with E-state index in [-0.39, 0.29) is 5.54 Å². The SMILES string of the molecule is CC(C)(C)NCc1ccc(-c2nn(CCc3cc(Br)ccc3Br)c(N)c2C#N)cc1. The predicted molar refractivity (Wildman–Crippen MR) is 129 cm³/mol. The number of nitrogens with zero attached hydrogens (tertiary/aromatic N) is 3. The molecule has 0 aliphatic heterocycles. The normalized spacial score (nSPS) is 11.5. The Morgan fingerprint density at radius 3 is 2.47 bits per heavy atom. The van der Waals surface area contributed by atoms with Crippen LogP contribution in [0.5, 0.6) is 0 Å². The molecule has 0 fully saturated rings. The zero-order valence-corrected chi connectivity index (χ0v) is 20.5. The fraction of sp³-hybridized carbons (Fsp3) is 0.304. The summed E-state index contributed by atoms with van der Waals surface area (Å²) in [5.41, 5.74) is 10.6. The molecule has 0 aliphatic rings. The third-order valence-corrected chi connectivity index (χ3v) is 6.02. The van der Waals surface area contributed by atoms with Crippen molar-refractivity contribution in [2.45, 2.75) is 45.8 Å². The Balaban J connectivity index is 1.81. The lowest BCUT2D eigenvalue weighted by atomic mass is 10.0. The van der Waals surface area contributed by atoms with Crippen molar-refractivity contribution in [3.05, 3.63) is 68.1 Å². The summed E-state index contributed by atoms with van der Waals surface area (Å²) in [6.45, 7) is 7.80. The van der Waals surface area contributed by atoms with Gasteiger partial charge in [-0.3, -0.25) is 0 Å². The molecule has 7 heteroatoms. The fourth-order valence-electron chi connectivity index (χ4n) is 3.07. The molecule has 1 aromatic heterocycles. The first kappa shape index (κ1) is 22.5. The number of aryl methyl sites for hydroxylation is 2. The van der Waals surface area contributed by atoms with Crippen LogP contribution in [0.1, 0.15) is 37.5 Å². The molecule has 3 N–H and O–H groups in total. The molecule has 0 aliphatic carbocycles. The van der Waals surface area contributed by atoms with Crippen LogP contribution in [-0.4, -0.2) is 15.3 Å². The summed E-state index contributed by atoms with van der Waals surface area (Å²) < 4.78 is 3.78. The number of aromatic nitrogens is 2. The number of rotatable bonds is 6. The van der Waals surface area contributed by atoms with Crippen molar-refractivity contribution in [2.75, 3.05) is 5.73 Å². The maximum Gasteiger partial charge on any atom is 0.140 e. The third-order valence-electron chi connectivity index (χ3n) is 4.75. The number of nitrogens with one attached hydrogen (secondary N) is 1. The molecule has 2 aromatic carbocycles. The lowest BCUT2D eigenvalue weighted by molar-refractivity contribution is 0.424. The first-order chi connectivity index (χ1) is 14.2. The van der Waals surface area contributed by atoms with Gasteiger partial charge in [0.2, 0.25) is 0 Å². The summed E-state index contributed by atoms with van der Waals surface area (Å²) in [5.74, 6) is 0.400. The molecule has 3 aromatic rings. The van der Waals surface area contributed by atoms with E-state index in [1.165, 1.54) is 5.56 Å². The molecule has 0 spiro atoms. The van der Waals surface area contributed by atoms with E-state index in [1.807, 2.05) is 24.3 Å². The summed E-state index contributed by atoms with van der Waals surface area (Å²) in [7, 11) is 0. The molecule has 5 nitrogen and oxygen atoms in total. The second-order valence-electron chi connectivity index (χ2n) is 8.23. The quantitative estimate of drug-likeness (QED) is 0.431. The smallest absolute Gasteiger partial charge is 0.140 e. The van der Waals surface area contributed by atoms with Crippen molar-refractivity contribution >= 4 is 37.7 Å². The van der Waals surface area contributed by atoms with Crippen molar-refractivity contribution in [1.29, 1.82) is 5.26 Å². The van der Waals surface area contributed by atoms with Gasteiger partial charge in [0.15, 0.2) is 0 Å². The van der Waals surface area contributed by atoms with E-state index in [2.05, 4.69) is 87.3 Å². The second-order valence-corrected chi connectivity index (χ2v) is 10.0. The first-order valence-corrected chi connectivity index (χ1v) is 11.3. The molecule has 0 atom stereocenters. The standard InChI is InChI=1S/C23H25Br2N5/c1-23(2,3)28-14-15-4-6-16(7-5-15)21-19(13-26)22(27)30(29-21)11-10-17-12-18(24)8-9-20(17)25/h4-9,12,28H,10-11,14,27H2,1-3H3. The number of hydrogen-bond donors (Lipinski definition) is 2. The minimum atomic E-state index is 0.0587. The summed E-state index contributed by atoms with van der Waals surface area (Å²) in [4.78, 5) is 0. The van der Waals surface area contributed by atoms with Crippen LogP contribution in [0.15, 0.2) is 51.4 Å². The number of nitrogen functional groups attached to an aromatic ring is 1. The molecule has 0 amide bonds. The second kappa shape index (κ2) is 9.34. The van der Waals surface area contributed by atoms with E-state index in [0.717, 1.165) is 33.0 Å². The van der Waals surface area contributed by atoms with E-state index < -0.39 is 0 Å². The van der Waals surface area contributed by atoms with Crippen LogP contribution < -0.4 is 11.1 Å². The van der Waals surface area contributed by atoms with E-state index >= 15 is 0 Å². The summed E-state index contributed by atoms with van der Waals surface area (Å²) in [6.07, 6.45) is 0.744. The Bertz CT molecular complexity index is 1070. The molecule has 3 rings (SSSR count). The van der Waals surface area contributed by atoms with Gasteiger partial charge in [0.25, 0.3) is 0 Å². The first-order valence-electron chi connectivity index (χ1n) is 9.72.